The Morgan fingerprint density at radius 3 is 2.31 bits per heavy atom. The maximum atomic E-state index is 5.88. The minimum Gasteiger partial charge on any atom is -0.351 e. The summed E-state index contributed by atoms with van der Waals surface area (Å²) in [6, 6.07) is 27.3. The van der Waals surface area contributed by atoms with Crippen LogP contribution in [0.5, 0.6) is 0 Å². The summed E-state index contributed by atoms with van der Waals surface area (Å²) in [6.07, 6.45) is 1.85. The molecule has 4 aromatic rings. The molecule has 0 saturated carbocycles. The minimum absolute atomic E-state index is 0.0112. The van der Waals surface area contributed by atoms with Gasteiger partial charge in [-0.25, -0.2) is 0 Å². The summed E-state index contributed by atoms with van der Waals surface area (Å²) in [5.41, 5.74) is 8.11. The van der Waals surface area contributed by atoms with Crippen LogP contribution in [0.3, 0.4) is 0 Å². The van der Waals surface area contributed by atoms with Crippen molar-refractivity contribution in [2.24, 2.45) is 0 Å². The van der Waals surface area contributed by atoms with E-state index >= 15 is 0 Å². The Balaban J connectivity index is 1.69. The summed E-state index contributed by atoms with van der Waals surface area (Å²) in [7, 11) is 0. The zero-order valence-electron chi connectivity index (χ0n) is 18.5. The molecule has 4 nitrogen and oxygen atoms in total. The van der Waals surface area contributed by atoms with Crippen LogP contribution in [0.1, 0.15) is 40.3 Å². The molecule has 1 fully saturated rings. The van der Waals surface area contributed by atoms with Crippen molar-refractivity contribution in [3.05, 3.63) is 113 Å². The summed E-state index contributed by atoms with van der Waals surface area (Å²) in [5.74, 6) is 0. The van der Waals surface area contributed by atoms with E-state index in [2.05, 4.69) is 107 Å². The zero-order chi connectivity index (χ0) is 22.2. The van der Waals surface area contributed by atoms with Crippen molar-refractivity contribution in [3.8, 4) is 5.69 Å². The smallest absolute Gasteiger partial charge is 0.174 e. The van der Waals surface area contributed by atoms with E-state index in [1.165, 1.54) is 28.2 Å². The maximum absolute atomic E-state index is 5.88. The van der Waals surface area contributed by atoms with E-state index in [1.54, 1.807) is 0 Å². The summed E-state index contributed by atoms with van der Waals surface area (Å²) in [6.45, 7) is 6.47. The van der Waals surface area contributed by atoms with Gasteiger partial charge in [0.2, 0.25) is 0 Å². The lowest BCUT2D eigenvalue weighted by atomic mass is 9.96. The van der Waals surface area contributed by atoms with Gasteiger partial charge in [0, 0.05) is 29.0 Å². The number of aryl methyl sites for hydroxylation is 2. The summed E-state index contributed by atoms with van der Waals surface area (Å²) < 4.78 is 2.32. The molecule has 3 heterocycles. The quantitative estimate of drug-likeness (QED) is 0.398. The number of benzene rings is 2. The van der Waals surface area contributed by atoms with Crippen LogP contribution < -0.4 is 10.2 Å². The number of nitrogens with one attached hydrogen (secondary N) is 1. The predicted molar refractivity (Wildman–Crippen MR) is 134 cm³/mol. The third-order valence-corrected chi connectivity index (χ3v) is 6.50. The second-order valence-electron chi connectivity index (χ2n) is 8.33. The number of hydrogen-bond acceptors (Lipinski definition) is 2. The van der Waals surface area contributed by atoms with Gasteiger partial charge >= 0.3 is 0 Å². The average molecular weight is 439 g/mol. The minimum atomic E-state index is -0.0473. The molecule has 0 spiro atoms. The van der Waals surface area contributed by atoms with Crippen LogP contribution in [-0.4, -0.2) is 14.7 Å². The van der Waals surface area contributed by atoms with Crippen LogP contribution >= 0.6 is 12.2 Å². The van der Waals surface area contributed by atoms with E-state index in [0.29, 0.717) is 0 Å². The lowest BCUT2D eigenvalue weighted by Crippen LogP contribution is -2.29. The molecule has 1 saturated heterocycles. The molecule has 1 aliphatic heterocycles. The van der Waals surface area contributed by atoms with Crippen LogP contribution in [0.25, 0.3) is 5.69 Å². The van der Waals surface area contributed by atoms with Gasteiger partial charge in [-0.2, -0.15) is 0 Å². The number of para-hydroxylation sites is 1. The van der Waals surface area contributed by atoms with Gasteiger partial charge in [0.1, 0.15) is 0 Å². The number of hydrogen-bond donors (Lipinski definition) is 1. The van der Waals surface area contributed by atoms with Gasteiger partial charge in [-0.15, -0.1) is 0 Å². The van der Waals surface area contributed by atoms with Gasteiger partial charge in [0.05, 0.1) is 17.8 Å². The molecular formula is C27H26N4S. The zero-order valence-corrected chi connectivity index (χ0v) is 19.3. The van der Waals surface area contributed by atoms with Crippen LogP contribution in [0, 0.1) is 20.8 Å². The fourth-order valence-corrected chi connectivity index (χ4v) is 5.13. The van der Waals surface area contributed by atoms with Crippen LogP contribution in [0.4, 0.5) is 5.69 Å². The second-order valence-corrected chi connectivity index (χ2v) is 8.72. The SMILES string of the molecule is Cc1cccc(N2C(=S)N[C@@H](c3ccccn3)[C@H]2c2cc(C)n(-c3ccccc3)c2C)c1. The Kier molecular flexibility index (Phi) is 5.27. The number of rotatable bonds is 4. The Labute approximate surface area is 194 Å². The summed E-state index contributed by atoms with van der Waals surface area (Å²) in [5, 5.41) is 4.29. The third-order valence-electron chi connectivity index (χ3n) is 6.18. The van der Waals surface area contributed by atoms with E-state index in [0.717, 1.165) is 16.5 Å². The monoisotopic (exact) mass is 438 g/mol. The van der Waals surface area contributed by atoms with E-state index in [1.807, 2.05) is 18.3 Å². The fraction of sp³-hybridized carbons (Fsp3) is 0.185. The normalized spacial score (nSPS) is 18.1. The molecule has 2 aromatic carbocycles. The number of pyridine rings is 1. The van der Waals surface area contributed by atoms with E-state index in [4.69, 9.17) is 12.2 Å². The largest absolute Gasteiger partial charge is 0.351 e. The number of thiocarbonyl (C=S) groups is 1. The van der Waals surface area contributed by atoms with Gasteiger partial charge < -0.3 is 14.8 Å². The Morgan fingerprint density at radius 2 is 1.59 bits per heavy atom. The molecule has 0 unspecified atom stereocenters. The van der Waals surface area contributed by atoms with Crippen molar-refractivity contribution in [1.82, 2.24) is 14.9 Å². The molecule has 2 aromatic heterocycles. The Hall–Kier alpha value is -3.44. The van der Waals surface area contributed by atoms with Gasteiger partial charge in [0.25, 0.3) is 0 Å². The van der Waals surface area contributed by atoms with Gasteiger partial charge in [0.15, 0.2) is 5.11 Å². The van der Waals surface area contributed by atoms with Gasteiger partial charge in [-0.1, -0.05) is 36.4 Å². The van der Waals surface area contributed by atoms with Crippen LogP contribution in [0.2, 0.25) is 0 Å². The standard InChI is InChI=1S/C27H26N4S/c1-18-10-9-13-22(16-18)31-26(25(29-27(31)32)24-14-7-8-15-28-24)23-17-19(2)30(20(23)3)21-11-5-4-6-12-21/h4-17,25-26H,1-3H3,(H,29,32)/t25-,26+/m0/s1. The van der Waals surface area contributed by atoms with Crippen molar-refractivity contribution < 1.29 is 0 Å². The number of aromatic nitrogens is 2. The highest BCUT2D eigenvalue weighted by Crippen LogP contribution is 2.43. The molecule has 5 heteroatoms. The Morgan fingerprint density at radius 1 is 0.844 bits per heavy atom. The van der Waals surface area contributed by atoms with Crippen LogP contribution in [0.15, 0.2) is 85.1 Å². The van der Waals surface area contributed by atoms with E-state index in [9.17, 15) is 0 Å². The molecule has 0 bridgehead atoms. The van der Waals surface area contributed by atoms with E-state index < -0.39 is 0 Å². The van der Waals surface area contributed by atoms with Gasteiger partial charge in [-0.05, 0) is 86.6 Å². The highest BCUT2D eigenvalue weighted by Gasteiger charge is 2.42. The maximum Gasteiger partial charge on any atom is 0.174 e. The fourth-order valence-electron chi connectivity index (χ4n) is 4.79. The highest BCUT2D eigenvalue weighted by molar-refractivity contribution is 7.80. The molecule has 0 amide bonds. The first-order chi connectivity index (χ1) is 15.5. The summed E-state index contributed by atoms with van der Waals surface area (Å²) in [4.78, 5) is 6.93. The molecule has 1 aliphatic rings. The second kappa shape index (κ2) is 8.24. The first-order valence-corrected chi connectivity index (χ1v) is 11.3. The molecule has 0 aliphatic carbocycles. The number of nitrogens with zero attached hydrogens (tertiary/aromatic N) is 3. The van der Waals surface area contributed by atoms with Crippen LogP contribution in [-0.2, 0) is 0 Å². The molecule has 0 radical (unpaired) electrons. The highest BCUT2D eigenvalue weighted by atomic mass is 32.1. The van der Waals surface area contributed by atoms with E-state index in [-0.39, 0.29) is 12.1 Å². The molecular weight excluding hydrogens is 412 g/mol. The number of anilines is 1. The third kappa shape index (κ3) is 3.49. The molecule has 160 valence electrons. The molecule has 1 N–H and O–H groups in total. The lowest BCUT2D eigenvalue weighted by Gasteiger charge is -2.28. The topological polar surface area (TPSA) is 33.1 Å². The first kappa shape index (κ1) is 20.5. The average Bonchev–Trinajstić information content (AvgIpc) is 3.30. The van der Waals surface area contributed by atoms with Crippen molar-refractivity contribution in [3.63, 3.8) is 0 Å². The lowest BCUT2D eigenvalue weighted by molar-refractivity contribution is 0.565. The van der Waals surface area contributed by atoms with Gasteiger partial charge in [-0.3, -0.25) is 4.98 Å². The van der Waals surface area contributed by atoms with Crippen molar-refractivity contribution in [2.75, 3.05) is 4.90 Å². The predicted octanol–water partition coefficient (Wildman–Crippen LogP) is 5.97. The molecule has 5 rings (SSSR count). The van der Waals surface area contributed by atoms with Crippen molar-refractivity contribution >= 4 is 23.0 Å². The molecule has 2 atom stereocenters. The first-order valence-electron chi connectivity index (χ1n) is 10.9. The van der Waals surface area contributed by atoms with Crippen molar-refractivity contribution in [2.45, 2.75) is 32.9 Å². The van der Waals surface area contributed by atoms with Crippen molar-refractivity contribution in [1.29, 1.82) is 0 Å². The Bertz CT molecular complexity index is 1260. The summed E-state index contributed by atoms with van der Waals surface area (Å²) >= 11 is 5.88. The molecule has 32 heavy (non-hydrogen) atoms.